The molecule has 2 rings (SSSR count). The van der Waals surface area contributed by atoms with Gasteiger partial charge in [0, 0.05) is 12.0 Å². The van der Waals surface area contributed by atoms with Crippen LogP contribution in [0.1, 0.15) is 6.92 Å². The van der Waals surface area contributed by atoms with Gasteiger partial charge in [-0.1, -0.05) is 6.92 Å². The summed E-state index contributed by atoms with van der Waals surface area (Å²) in [5, 5.41) is 2.27. The van der Waals surface area contributed by atoms with Crippen molar-refractivity contribution in [2.75, 3.05) is 11.1 Å². The number of carbonyl (C=O) groups excluding carboxylic acids is 1. The van der Waals surface area contributed by atoms with Crippen LogP contribution in [0.4, 0.5) is 14.5 Å². The van der Waals surface area contributed by atoms with Gasteiger partial charge in [0.25, 0.3) is 0 Å². The highest BCUT2D eigenvalue weighted by Crippen LogP contribution is 2.29. The van der Waals surface area contributed by atoms with Crippen LogP contribution in [0, 0.1) is 17.6 Å². The first-order valence-corrected chi connectivity index (χ1v) is 6.49. The topological polar surface area (TPSA) is 63.2 Å². The van der Waals surface area contributed by atoms with E-state index in [1.54, 1.807) is 0 Å². The Morgan fingerprint density at radius 2 is 1.88 bits per heavy atom. The summed E-state index contributed by atoms with van der Waals surface area (Å²) in [6, 6.07) is 1.27. The third-order valence-corrected chi connectivity index (χ3v) is 4.48. The molecule has 1 heterocycles. The van der Waals surface area contributed by atoms with Crippen LogP contribution in [0.15, 0.2) is 17.0 Å². The monoisotopic (exact) mass is 261 g/mol. The summed E-state index contributed by atoms with van der Waals surface area (Å²) < 4.78 is 49.7. The molecule has 1 atom stereocenters. The first kappa shape index (κ1) is 12.0. The number of hydrogen-bond donors (Lipinski definition) is 1. The molecule has 1 aromatic rings. The molecule has 0 saturated carbocycles. The number of fused-ring (bicyclic) bond motifs is 1. The van der Waals surface area contributed by atoms with Gasteiger partial charge in [-0.15, -0.1) is 0 Å². The molecule has 0 bridgehead atoms. The minimum Gasteiger partial charge on any atom is -0.325 e. The number of rotatable bonds is 0. The fourth-order valence-corrected chi connectivity index (χ4v) is 3.35. The van der Waals surface area contributed by atoms with Gasteiger partial charge in [-0.25, -0.2) is 17.2 Å². The molecular weight excluding hydrogens is 252 g/mol. The van der Waals surface area contributed by atoms with E-state index in [1.165, 1.54) is 6.92 Å². The Morgan fingerprint density at radius 1 is 1.29 bits per heavy atom. The van der Waals surface area contributed by atoms with E-state index >= 15 is 0 Å². The van der Waals surface area contributed by atoms with Gasteiger partial charge in [-0.3, -0.25) is 4.79 Å². The number of amides is 1. The number of halogens is 2. The molecule has 1 aromatic carbocycles. The molecule has 17 heavy (non-hydrogen) atoms. The summed E-state index contributed by atoms with van der Waals surface area (Å²) in [5.41, 5.74) is -0.210. The zero-order valence-electron chi connectivity index (χ0n) is 8.83. The van der Waals surface area contributed by atoms with Gasteiger partial charge in [0.1, 0.15) is 0 Å². The highest BCUT2D eigenvalue weighted by molar-refractivity contribution is 7.91. The van der Waals surface area contributed by atoms with Crippen LogP contribution < -0.4 is 5.32 Å². The van der Waals surface area contributed by atoms with E-state index in [-0.39, 0.29) is 10.6 Å². The lowest BCUT2D eigenvalue weighted by molar-refractivity contribution is -0.118. The molecule has 0 spiro atoms. The van der Waals surface area contributed by atoms with Gasteiger partial charge in [0.2, 0.25) is 5.91 Å². The van der Waals surface area contributed by atoms with Crippen molar-refractivity contribution >= 4 is 21.4 Å². The normalized spacial score (nSPS) is 22.5. The van der Waals surface area contributed by atoms with Gasteiger partial charge < -0.3 is 5.32 Å². The van der Waals surface area contributed by atoms with Gasteiger partial charge in [-0.2, -0.15) is 0 Å². The lowest BCUT2D eigenvalue weighted by atomic mass is 10.2. The molecule has 1 aliphatic heterocycles. The fourth-order valence-electron chi connectivity index (χ4n) is 1.63. The predicted octanol–water partition coefficient (Wildman–Crippen LogP) is 1.33. The first-order valence-electron chi connectivity index (χ1n) is 4.84. The van der Waals surface area contributed by atoms with Crippen molar-refractivity contribution in [3.8, 4) is 0 Å². The van der Waals surface area contributed by atoms with Crippen LogP contribution in [-0.4, -0.2) is 20.1 Å². The lowest BCUT2D eigenvalue weighted by Crippen LogP contribution is -2.22. The Kier molecular flexibility index (Phi) is 2.65. The fraction of sp³-hybridized carbons (Fsp3) is 0.300. The molecule has 1 aliphatic rings. The summed E-state index contributed by atoms with van der Waals surface area (Å²) in [5.74, 6) is -4.17. The summed E-state index contributed by atoms with van der Waals surface area (Å²) in [6.45, 7) is 1.44. The Labute approximate surface area is 96.6 Å². The Bertz CT molecular complexity index is 598. The molecule has 0 radical (unpaired) electrons. The lowest BCUT2D eigenvalue weighted by Gasteiger charge is -2.06. The second kappa shape index (κ2) is 3.76. The van der Waals surface area contributed by atoms with Crippen LogP contribution in [0.25, 0.3) is 0 Å². The summed E-state index contributed by atoms with van der Waals surface area (Å²) >= 11 is 0. The maximum atomic E-state index is 13.0. The van der Waals surface area contributed by atoms with Crippen molar-refractivity contribution < 1.29 is 22.0 Å². The summed E-state index contributed by atoms with van der Waals surface area (Å²) in [4.78, 5) is 11.1. The van der Waals surface area contributed by atoms with E-state index in [4.69, 9.17) is 0 Å². The quantitative estimate of drug-likeness (QED) is 0.716. The van der Waals surface area contributed by atoms with Crippen LogP contribution >= 0.6 is 0 Å². The zero-order valence-corrected chi connectivity index (χ0v) is 9.64. The Hall–Kier alpha value is -1.50. The van der Waals surface area contributed by atoms with Crippen molar-refractivity contribution in [3.63, 3.8) is 0 Å². The SMILES string of the molecule is CC1CS(=O)(=O)c2cc(F)c(F)cc2NC1=O. The molecule has 0 saturated heterocycles. The van der Waals surface area contributed by atoms with Crippen LogP contribution in [0.2, 0.25) is 0 Å². The minimum atomic E-state index is -3.79. The van der Waals surface area contributed by atoms with E-state index < -0.39 is 39.0 Å². The summed E-state index contributed by atoms with van der Waals surface area (Å²) in [7, 11) is -3.79. The molecule has 1 unspecified atom stereocenters. The van der Waals surface area contributed by atoms with Crippen molar-refractivity contribution in [3.05, 3.63) is 23.8 Å². The highest BCUT2D eigenvalue weighted by Gasteiger charge is 2.31. The van der Waals surface area contributed by atoms with Crippen LogP contribution in [0.3, 0.4) is 0 Å². The van der Waals surface area contributed by atoms with Gasteiger partial charge in [-0.05, 0) is 6.07 Å². The van der Waals surface area contributed by atoms with Crippen molar-refractivity contribution in [2.45, 2.75) is 11.8 Å². The third-order valence-electron chi connectivity index (χ3n) is 2.53. The van der Waals surface area contributed by atoms with E-state index in [2.05, 4.69) is 5.32 Å². The molecule has 92 valence electrons. The largest absolute Gasteiger partial charge is 0.325 e. The highest BCUT2D eigenvalue weighted by atomic mass is 32.2. The smallest absolute Gasteiger partial charge is 0.228 e. The molecule has 0 aliphatic carbocycles. The molecule has 0 aromatic heterocycles. The van der Waals surface area contributed by atoms with Crippen molar-refractivity contribution in [2.24, 2.45) is 5.92 Å². The van der Waals surface area contributed by atoms with E-state index in [1.807, 2.05) is 0 Å². The second-order valence-corrected chi connectivity index (χ2v) is 5.94. The first-order chi connectivity index (χ1) is 7.81. The van der Waals surface area contributed by atoms with E-state index in [0.717, 1.165) is 0 Å². The summed E-state index contributed by atoms with van der Waals surface area (Å²) in [6.07, 6.45) is 0. The van der Waals surface area contributed by atoms with Crippen LogP contribution in [-0.2, 0) is 14.6 Å². The zero-order chi connectivity index (χ0) is 12.8. The Morgan fingerprint density at radius 3 is 2.53 bits per heavy atom. The Balaban J connectivity index is 2.70. The number of anilines is 1. The average molecular weight is 261 g/mol. The second-order valence-electron chi connectivity index (χ2n) is 3.93. The van der Waals surface area contributed by atoms with E-state index in [0.29, 0.717) is 12.1 Å². The average Bonchev–Trinajstić information content (AvgIpc) is 2.28. The molecule has 1 N–H and O–H groups in total. The van der Waals surface area contributed by atoms with E-state index in [9.17, 15) is 22.0 Å². The maximum Gasteiger partial charge on any atom is 0.228 e. The number of nitrogens with one attached hydrogen (secondary N) is 1. The van der Waals surface area contributed by atoms with Crippen molar-refractivity contribution in [1.29, 1.82) is 0 Å². The maximum absolute atomic E-state index is 13.0. The number of sulfone groups is 1. The van der Waals surface area contributed by atoms with Gasteiger partial charge in [0.15, 0.2) is 21.5 Å². The van der Waals surface area contributed by atoms with Gasteiger partial charge >= 0.3 is 0 Å². The number of carbonyl (C=O) groups is 1. The molecule has 4 nitrogen and oxygen atoms in total. The number of hydrogen-bond acceptors (Lipinski definition) is 3. The molecular formula is C10H9F2NO3S. The standard InChI is InChI=1S/C10H9F2NO3S/c1-5-4-17(15,16)9-3-7(12)6(11)2-8(9)13-10(5)14/h2-3,5H,4H2,1H3,(H,13,14). The predicted molar refractivity (Wildman–Crippen MR) is 56.2 cm³/mol. The minimum absolute atomic E-state index is 0.210. The third kappa shape index (κ3) is 2.02. The van der Waals surface area contributed by atoms with Crippen LogP contribution in [0.5, 0.6) is 0 Å². The van der Waals surface area contributed by atoms with Crippen molar-refractivity contribution in [1.82, 2.24) is 0 Å². The molecule has 1 amide bonds. The molecule has 7 heteroatoms. The number of benzene rings is 1. The van der Waals surface area contributed by atoms with Gasteiger partial charge in [0.05, 0.1) is 16.3 Å². The molecule has 0 fully saturated rings.